The molecule has 9 nitrogen and oxygen atoms in total. The van der Waals surface area contributed by atoms with Crippen LogP contribution in [-0.4, -0.2) is 59.3 Å². The molecule has 0 radical (unpaired) electrons. The predicted octanol–water partition coefficient (Wildman–Crippen LogP) is -1.59. The van der Waals surface area contributed by atoms with E-state index < -0.39 is 30.6 Å². The molecule has 1 saturated heterocycles. The molecule has 0 aromatic carbocycles. The first-order valence-corrected chi connectivity index (χ1v) is 6.13. The van der Waals surface area contributed by atoms with Gasteiger partial charge in [-0.3, -0.25) is 4.57 Å². The van der Waals surface area contributed by atoms with Crippen molar-refractivity contribution in [2.24, 2.45) is 0 Å². The van der Waals surface area contributed by atoms with Crippen LogP contribution in [-0.2, 0) is 4.74 Å². The van der Waals surface area contributed by atoms with Crippen LogP contribution in [0.2, 0.25) is 0 Å². The third kappa shape index (κ3) is 1.83. The van der Waals surface area contributed by atoms with Crippen molar-refractivity contribution >= 4 is 17.0 Å². The number of nitrogens with zero attached hydrogens (tertiary/aromatic N) is 4. The van der Waals surface area contributed by atoms with Crippen molar-refractivity contribution in [1.29, 1.82) is 0 Å². The van der Waals surface area contributed by atoms with Crippen molar-refractivity contribution in [3.05, 3.63) is 12.7 Å². The summed E-state index contributed by atoms with van der Waals surface area (Å²) >= 11 is 0. The van der Waals surface area contributed by atoms with Crippen LogP contribution in [0.1, 0.15) is 13.2 Å². The van der Waals surface area contributed by atoms with Gasteiger partial charge in [-0.05, 0) is 6.92 Å². The maximum Gasteiger partial charge on any atom is 0.167 e. The van der Waals surface area contributed by atoms with Crippen LogP contribution in [0.3, 0.4) is 0 Å². The Morgan fingerprint density at radius 3 is 2.70 bits per heavy atom. The normalized spacial score (nSPS) is 31.8. The number of imidazole rings is 1. The Morgan fingerprint density at radius 2 is 2.05 bits per heavy atom. The van der Waals surface area contributed by atoms with E-state index in [1.807, 2.05) is 0 Å². The van der Waals surface area contributed by atoms with Gasteiger partial charge in [-0.2, -0.15) is 0 Å². The van der Waals surface area contributed by atoms with Crippen LogP contribution in [0.4, 0.5) is 5.82 Å². The van der Waals surface area contributed by atoms with Crippen LogP contribution < -0.4 is 5.73 Å². The zero-order chi connectivity index (χ0) is 14.4. The first-order valence-electron chi connectivity index (χ1n) is 6.13. The third-order valence-electron chi connectivity index (χ3n) is 3.41. The quantitative estimate of drug-likeness (QED) is 0.516. The molecule has 0 aliphatic carbocycles. The molecule has 5 N–H and O–H groups in total. The lowest BCUT2D eigenvalue weighted by Gasteiger charge is -2.17. The number of nitrogen functional groups attached to an aromatic ring is 1. The van der Waals surface area contributed by atoms with Crippen LogP contribution >= 0.6 is 0 Å². The van der Waals surface area contributed by atoms with Gasteiger partial charge in [-0.15, -0.1) is 0 Å². The number of hydrogen-bond donors (Lipinski definition) is 4. The molecule has 3 heterocycles. The Hall–Kier alpha value is -1.81. The van der Waals surface area contributed by atoms with Crippen LogP contribution in [0.15, 0.2) is 12.7 Å². The number of hydrogen-bond acceptors (Lipinski definition) is 8. The minimum Gasteiger partial charge on any atom is -0.391 e. The van der Waals surface area contributed by atoms with Gasteiger partial charge in [0, 0.05) is 0 Å². The molecule has 0 spiro atoms. The number of ether oxygens (including phenoxy) is 1. The summed E-state index contributed by atoms with van der Waals surface area (Å²) in [5.74, 6) is 0.217. The summed E-state index contributed by atoms with van der Waals surface area (Å²) in [5.41, 5.74) is 6.46. The van der Waals surface area contributed by atoms with Crippen molar-refractivity contribution in [2.75, 3.05) is 5.73 Å². The van der Waals surface area contributed by atoms with Gasteiger partial charge >= 0.3 is 0 Å². The standard InChI is InChI=1S/C11H15N5O4/c1-4(17)8-6(18)7(19)11(20-8)16-3-15-5-9(12)13-2-14-10(5)16/h2-4,6-8,11,17-19H,1H3,(H2,12,13,14)/t4-,6-,7+,8+,11+/m0/s1. The second-order valence-corrected chi connectivity index (χ2v) is 4.80. The van der Waals surface area contributed by atoms with E-state index in [1.54, 1.807) is 0 Å². The molecule has 0 saturated carbocycles. The second-order valence-electron chi connectivity index (χ2n) is 4.80. The lowest BCUT2D eigenvalue weighted by Crippen LogP contribution is -2.37. The van der Waals surface area contributed by atoms with E-state index in [9.17, 15) is 15.3 Å². The molecule has 5 atom stereocenters. The van der Waals surface area contributed by atoms with E-state index >= 15 is 0 Å². The van der Waals surface area contributed by atoms with Crippen LogP contribution in [0.25, 0.3) is 11.2 Å². The largest absolute Gasteiger partial charge is 0.391 e. The van der Waals surface area contributed by atoms with Gasteiger partial charge in [0.2, 0.25) is 0 Å². The molecule has 3 rings (SSSR count). The zero-order valence-electron chi connectivity index (χ0n) is 10.7. The average molecular weight is 281 g/mol. The molecule has 20 heavy (non-hydrogen) atoms. The van der Waals surface area contributed by atoms with E-state index in [4.69, 9.17) is 10.5 Å². The molecule has 2 aromatic heterocycles. The van der Waals surface area contributed by atoms with Crippen molar-refractivity contribution in [3.63, 3.8) is 0 Å². The summed E-state index contributed by atoms with van der Waals surface area (Å²) in [7, 11) is 0. The van der Waals surface area contributed by atoms with Crippen molar-refractivity contribution in [1.82, 2.24) is 19.5 Å². The van der Waals surface area contributed by atoms with Gasteiger partial charge in [0.05, 0.1) is 12.4 Å². The minimum absolute atomic E-state index is 0.217. The topological polar surface area (TPSA) is 140 Å². The number of rotatable bonds is 2. The van der Waals surface area contributed by atoms with Gasteiger partial charge < -0.3 is 25.8 Å². The summed E-state index contributed by atoms with van der Waals surface area (Å²) in [6, 6.07) is 0. The summed E-state index contributed by atoms with van der Waals surface area (Å²) in [6.45, 7) is 1.48. The third-order valence-corrected chi connectivity index (χ3v) is 3.41. The molecule has 1 fully saturated rings. The highest BCUT2D eigenvalue weighted by molar-refractivity contribution is 5.81. The number of anilines is 1. The maximum absolute atomic E-state index is 10.1. The number of aliphatic hydroxyl groups excluding tert-OH is 3. The van der Waals surface area contributed by atoms with E-state index in [-0.39, 0.29) is 5.82 Å². The number of aromatic nitrogens is 4. The fraction of sp³-hybridized carbons (Fsp3) is 0.545. The van der Waals surface area contributed by atoms with Gasteiger partial charge in [-0.1, -0.05) is 0 Å². The molecular weight excluding hydrogens is 266 g/mol. The van der Waals surface area contributed by atoms with E-state index in [1.165, 1.54) is 24.1 Å². The Morgan fingerprint density at radius 1 is 1.30 bits per heavy atom. The molecule has 2 aromatic rings. The van der Waals surface area contributed by atoms with E-state index in [0.717, 1.165) is 0 Å². The minimum atomic E-state index is -1.21. The van der Waals surface area contributed by atoms with Gasteiger partial charge in [-0.25, -0.2) is 15.0 Å². The average Bonchev–Trinajstić information content (AvgIpc) is 2.94. The number of aliphatic hydroxyl groups is 3. The van der Waals surface area contributed by atoms with E-state index in [0.29, 0.717) is 11.2 Å². The highest BCUT2D eigenvalue weighted by atomic mass is 16.6. The van der Waals surface area contributed by atoms with Crippen molar-refractivity contribution < 1.29 is 20.1 Å². The summed E-state index contributed by atoms with van der Waals surface area (Å²) in [4.78, 5) is 11.9. The van der Waals surface area contributed by atoms with E-state index in [2.05, 4.69) is 15.0 Å². The molecule has 0 unspecified atom stereocenters. The smallest absolute Gasteiger partial charge is 0.167 e. The molecule has 1 aliphatic rings. The monoisotopic (exact) mass is 281 g/mol. The maximum atomic E-state index is 10.1. The van der Waals surface area contributed by atoms with Crippen LogP contribution in [0.5, 0.6) is 0 Å². The number of fused-ring (bicyclic) bond motifs is 1. The highest BCUT2D eigenvalue weighted by Gasteiger charge is 2.46. The van der Waals surface area contributed by atoms with Crippen molar-refractivity contribution in [2.45, 2.75) is 37.6 Å². The SMILES string of the molecule is C[C@H](O)[C@H]1O[C@@H](n2cnc3c(N)ncnc32)[C@H](O)[C@@H]1O. The van der Waals surface area contributed by atoms with Gasteiger partial charge in [0.15, 0.2) is 17.7 Å². The molecule has 9 heteroatoms. The fourth-order valence-corrected chi connectivity index (χ4v) is 2.37. The Labute approximate surface area is 113 Å². The first kappa shape index (κ1) is 13.2. The molecule has 108 valence electrons. The number of nitrogens with two attached hydrogens (primary N) is 1. The Kier molecular flexibility index (Phi) is 3.05. The second kappa shape index (κ2) is 4.63. The summed E-state index contributed by atoms with van der Waals surface area (Å²) < 4.78 is 6.97. The highest BCUT2D eigenvalue weighted by Crippen LogP contribution is 2.33. The molecule has 1 aliphatic heterocycles. The van der Waals surface area contributed by atoms with Gasteiger partial charge in [0.25, 0.3) is 0 Å². The Bertz CT molecular complexity index is 630. The molecular formula is C11H15N5O4. The van der Waals surface area contributed by atoms with Crippen molar-refractivity contribution in [3.8, 4) is 0 Å². The van der Waals surface area contributed by atoms with Crippen LogP contribution in [0, 0.1) is 0 Å². The van der Waals surface area contributed by atoms with Gasteiger partial charge in [0.1, 0.15) is 30.2 Å². The Balaban J connectivity index is 2.02. The summed E-state index contributed by atoms with van der Waals surface area (Å²) in [6.07, 6.45) is -2.42. The lowest BCUT2D eigenvalue weighted by molar-refractivity contribution is -0.0777. The fourth-order valence-electron chi connectivity index (χ4n) is 2.37. The predicted molar refractivity (Wildman–Crippen MR) is 67.3 cm³/mol. The summed E-state index contributed by atoms with van der Waals surface area (Å²) in [5, 5.41) is 29.5. The molecule has 0 bridgehead atoms. The first-order chi connectivity index (χ1) is 9.50. The molecule has 0 amide bonds. The zero-order valence-corrected chi connectivity index (χ0v) is 10.7. The lowest BCUT2D eigenvalue weighted by atomic mass is 10.1.